The number of hydrogen-bond donors (Lipinski definition) is 0. The van der Waals surface area contributed by atoms with Gasteiger partial charge in [0.2, 0.25) is 0 Å². The van der Waals surface area contributed by atoms with Gasteiger partial charge in [-0.05, 0) is 87.3 Å². The fraction of sp³-hybridized carbons (Fsp3) is 0.684. The number of piperidine rings is 2. The lowest BCUT2D eigenvalue weighted by Gasteiger charge is -2.39. The van der Waals surface area contributed by atoms with Crippen molar-refractivity contribution >= 4 is 11.9 Å². The molecule has 2 aliphatic heterocycles. The van der Waals surface area contributed by atoms with Gasteiger partial charge in [0.15, 0.2) is 0 Å². The number of aryl methyl sites for hydroxylation is 2. The Labute approximate surface area is 140 Å². The number of rotatable bonds is 4. The minimum atomic E-state index is 0.848. The quantitative estimate of drug-likeness (QED) is 0.754. The maximum absolute atomic E-state index is 2.76. The maximum Gasteiger partial charge on any atom is 0.0233 e. The van der Waals surface area contributed by atoms with Gasteiger partial charge in [-0.2, -0.15) is 0 Å². The first-order chi connectivity index (χ1) is 10.8. The molecule has 3 heteroatoms. The zero-order chi connectivity index (χ0) is 15.4. The van der Waals surface area contributed by atoms with Gasteiger partial charge in [-0.3, -0.25) is 0 Å². The number of hydrogen-bond acceptors (Lipinski definition) is 3. The summed E-state index contributed by atoms with van der Waals surface area (Å²) in [5.41, 5.74) is 2.92. The van der Waals surface area contributed by atoms with Crippen molar-refractivity contribution < 1.29 is 0 Å². The van der Waals surface area contributed by atoms with Crippen molar-refractivity contribution in [2.75, 3.05) is 26.2 Å². The number of nitrogens with zero attached hydrogens (tertiary/aromatic N) is 2. The smallest absolute Gasteiger partial charge is 0.0233 e. The summed E-state index contributed by atoms with van der Waals surface area (Å²) in [5.74, 6) is 0. The zero-order valence-electron chi connectivity index (χ0n) is 14.2. The molecule has 0 N–H and O–H groups in total. The molecule has 2 fully saturated rings. The number of likely N-dealkylation sites (tertiary alicyclic amines) is 1. The highest BCUT2D eigenvalue weighted by Crippen LogP contribution is 2.30. The van der Waals surface area contributed by atoms with Crippen LogP contribution in [0, 0.1) is 6.92 Å². The van der Waals surface area contributed by atoms with Crippen LogP contribution in [0.3, 0.4) is 0 Å². The second-order valence-corrected chi connectivity index (χ2v) is 7.96. The van der Waals surface area contributed by atoms with Crippen LogP contribution in [-0.4, -0.2) is 41.4 Å². The van der Waals surface area contributed by atoms with Gasteiger partial charge < -0.3 is 4.90 Å². The Morgan fingerprint density at radius 2 is 1.77 bits per heavy atom. The fourth-order valence-electron chi connectivity index (χ4n) is 3.82. The SMILES string of the molecule is CCc1cc(SN2CCC(N3CCCCC3)CC2)ccc1C. The molecule has 1 aromatic carbocycles. The van der Waals surface area contributed by atoms with E-state index in [4.69, 9.17) is 0 Å². The largest absolute Gasteiger partial charge is 0.300 e. The van der Waals surface area contributed by atoms with E-state index < -0.39 is 0 Å². The summed E-state index contributed by atoms with van der Waals surface area (Å²) in [7, 11) is 0. The first-order valence-electron chi connectivity index (χ1n) is 9.02. The van der Waals surface area contributed by atoms with Crippen molar-refractivity contribution in [2.45, 2.75) is 63.3 Å². The number of benzene rings is 1. The Morgan fingerprint density at radius 1 is 1.05 bits per heavy atom. The molecular weight excluding hydrogens is 288 g/mol. The lowest BCUT2D eigenvalue weighted by Crippen LogP contribution is -2.45. The molecule has 2 aliphatic rings. The summed E-state index contributed by atoms with van der Waals surface area (Å²) in [6.07, 6.45) is 8.10. The predicted molar refractivity (Wildman–Crippen MR) is 96.4 cm³/mol. The van der Waals surface area contributed by atoms with Crippen LogP contribution in [0.2, 0.25) is 0 Å². The molecule has 22 heavy (non-hydrogen) atoms. The molecule has 0 aliphatic carbocycles. The lowest BCUT2D eigenvalue weighted by molar-refractivity contribution is 0.120. The van der Waals surface area contributed by atoms with E-state index in [0.29, 0.717) is 0 Å². The van der Waals surface area contributed by atoms with E-state index in [1.165, 1.54) is 74.3 Å². The van der Waals surface area contributed by atoms with Crippen molar-refractivity contribution in [3.05, 3.63) is 29.3 Å². The van der Waals surface area contributed by atoms with Crippen LogP contribution < -0.4 is 0 Å². The molecule has 3 rings (SSSR count). The third-order valence-electron chi connectivity index (χ3n) is 5.27. The molecule has 0 amide bonds. The standard InChI is InChI=1S/C19H30N2S/c1-3-17-15-19(8-7-16(17)2)22-21-13-9-18(10-14-21)20-11-5-4-6-12-20/h7-8,15,18H,3-6,9-14H2,1-2H3. The molecule has 1 aromatic rings. The average Bonchev–Trinajstić information content (AvgIpc) is 2.58. The molecule has 0 radical (unpaired) electrons. The Hall–Kier alpha value is -0.510. The molecular formula is C19H30N2S. The van der Waals surface area contributed by atoms with Crippen molar-refractivity contribution in [2.24, 2.45) is 0 Å². The van der Waals surface area contributed by atoms with E-state index >= 15 is 0 Å². The van der Waals surface area contributed by atoms with Crippen molar-refractivity contribution in [1.29, 1.82) is 0 Å². The Kier molecular flexibility index (Phi) is 5.83. The summed E-state index contributed by atoms with van der Waals surface area (Å²) in [6.45, 7) is 9.63. The molecule has 0 unspecified atom stereocenters. The van der Waals surface area contributed by atoms with Crippen LogP contribution in [0.4, 0.5) is 0 Å². The van der Waals surface area contributed by atoms with Crippen molar-refractivity contribution in [1.82, 2.24) is 9.21 Å². The van der Waals surface area contributed by atoms with Crippen LogP contribution in [0.1, 0.15) is 50.2 Å². The van der Waals surface area contributed by atoms with Crippen molar-refractivity contribution in [3.63, 3.8) is 0 Å². The third-order valence-corrected chi connectivity index (χ3v) is 6.35. The van der Waals surface area contributed by atoms with Gasteiger partial charge in [0, 0.05) is 24.0 Å². The maximum atomic E-state index is 2.76. The van der Waals surface area contributed by atoms with E-state index in [9.17, 15) is 0 Å². The lowest BCUT2D eigenvalue weighted by atomic mass is 10.0. The molecule has 0 aromatic heterocycles. The normalized spacial score (nSPS) is 22.1. The second-order valence-electron chi connectivity index (χ2n) is 6.79. The first kappa shape index (κ1) is 16.4. The molecule has 0 saturated carbocycles. The molecule has 122 valence electrons. The predicted octanol–water partition coefficient (Wildman–Crippen LogP) is 4.51. The van der Waals surface area contributed by atoms with Gasteiger partial charge in [-0.1, -0.05) is 19.4 Å². The minimum absolute atomic E-state index is 0.848. The van der Waals surface area contributed by atoms with Gasteiger partial charge in [0.1, 0.15) is 0 Å². The summed E-state index contributed by atoms with van der Waals surface area (Å²) in [6, 6.07) is 7.80. The van der Waals surface area contributed by atoms with Gasteiger partial charge in [-0.25, -0.2) is 4.31 Å². The summed E-state index contributed by atoms with van der Waals surface area (Å²) >= 11 is 1.97. The highest BCUT2D eigenvalue weighted by molar-refractivity contribution is 7.97. The van der Waals surface area contributed by atoms with E-state index in [-0.39, 0.29) is 0 Å². The molecule has 0 atom stereocenters. The summed E-state index contributed by atoms with van der Waals surface area (Å²) < 4.78 is 2.57. The van der Waals surface area contributed by atoms with E-state index in [2.05, 4.69) is 41.3 Å². The highest BCUT2D eigenvalue weighted by Gasteiger charge is 2.25. The Balaban J connectivity index is 1.51. The zero-order valence-corrected chi connectivity index (χ0v) is 15.0. The van der Waals surface area contributed by atoms with E-state index in [1.54, 1.807) is 0 Å². The van der Waals surface area contributed by atoms with Crippen LogP contribution in [0.25, 0.3) is 0 Å². The monoisotopic (exact) mass is 318 g/mol. The van der Waals surface area contributed by atoms with Gasteiger partial charge in [0.05, 0.1) is 0 Å². The third kappa shape index (κ3) is 4.06. The summed E-state index contributed by atoms with van der Waals surface area (Å²) in [4.78, 5) is 4.17. The highest BCUT2D eigenvalue weighted by atomic mass is 32.2. The topological polar surface area (TPSA) is 6.48 Å². The Morgan fingerprint density at radius 3 is 2.45 bits per heavy atom. The van der Waals surface area contributed by atoms with Crippen LogP contribution >= 0.6 is 11.9 Å². The minimum Gasteiger partial charge on any atom is -0.300 e. The molecule has 0 bridgehead atoms. The second kappa shape index (κ2) is 7.85. The van der Waals surface area contributed by atoms with Crippen LogP contribution in [0.5, 0.6) is 0 Å². The molecule has 2 heterocycles. The average molecular weight is 319 g/mol. The van der Waals surface area contributed by atoms with Crippen LogP contribution in [0.15, 0.2) is 23.1 Å². The van der Waals surface area contributed by atoms with Gasteiger partial charge in [-0.15, -0.1) is 0 Å². The van der Waals surface area contributed by atoms with Crippen molar-refractivity contribution in [3.8, 4) is 0 Å². The fourth-order valence-corrected chi connectivity index (χ4v) is 4.83. The van der Waals surface area contributed by atoms with E-state index in [1.807, 2.05) is 11.9 Å². The Bertz CT molecular complexity index is 474. The van der Waals surface area contributed by atoms with Gasteiger partial charge >= 0.3 is 0 Å². The first-order valence-corrected chi connectivity index (χ1v) is 9.80. The molecule has 2 nitrogen and oxygen atoms in total. The molecule has 2 saturated heterocycles. The van der Waals surface area contributed by atoms with Crippen LogP contribution in [-0.2, 0) is 6.42 Å². The van der Waals surface area contributed by atoms with E-state index in [0.717, 1.165) is 12.5 Å². The molecule has 0 spiro atoms. The van der Waals surface area contributed by atoms with Gasteiger partial charge in [0.25, 0.3) is 0 Å². The summed E-state index contributed by atoms with van der Waals surface area (Å²) in [5, 5.41) is 0.